The molecule has 0 spiro atoms. The van der Waals surface area contributed by atoms with Crippen molar-refractivity contribution in [2.75, 3.05) is 11.9 Å². The molecule has 2 aliphatic heterocycles. The van der Waals surface area contributed by atoms with Crippen molar-refractivity contribution in [2.24, 2.45) is 14.1 Å². The second kappa shape index (κ2) is 5.45. The van der Waals surface area contributed by atoms with Gasteiger partial charge in [-0.25, -0.2) is 9.59 Å². The molecule has 1 N–H and O–H groups in total. The molecule has 4 rings (SSSR count). The summed E-state index contributed by atoms with van der Waals surface area (Å²) in [6.07, 6.45) is 0. The highest BCUT2D eigenvalue weighted by atomic mass is 79.9. The highest BCUT2D eigenvalue weighted by Crippen LogP contribution is 2.42. The van der Waals surface area contributed by atoms with Crippen LogP contribution in [-0.2, 0) is 23.6 Å². The molecule has 7 nitrogen and oxygen atoms in total. The van der Waals surface area contributed by atoms with E-state index in [1.807, 2.05) is 24.3 Å². The number of esters is 1. The Hall–Kier alpha value is -2.61. The predicted octanol–water partition coefficient (Wildman–Crippen LogP) is 1.21. The van der Waals surface area contributed by atoms with Crippen LogP contribution in [0.3, 0.4) is 0 Å². The number of fused-ring (bicyclic) bond motifs is 1. The molecule has 0 amide bonds. The SMILES string of the molecule is Cn1c2c(c(=O)n(C)c1=O)C(c1cccc(Br)c1)C1=C(COC1=O)N2. The van der Waals surface area contributed by atoms with Crippen LogP contribution < -0.4 is 16.6 Å². The minimum absolute atomic E-state index is 0.0987. The molecule has 3 heterocycles. The summed E-state index contributed by atoms with van der Waals surface area (Å²) in [7, 11) is 3.02. The van der Waals surface area contributed by atoms with E-state index in [-0.39, 0.29) is 6.61 Å². The number of carbonyl (C=O) groups is 1. The van der Waals surface area contributed by atoms with Gasteiger partial charge in [-0.05, 0) is 17.7 Å². The third-order valence-corrected chi connectivity index (χ3v) is 5.11. The highest BCUT2D eigenvalue weighted by Gasteiger charge is 2.41. The summed E-state index contributed by atoms with van der Waals surface area (Å²) in [6, 6.07) is 7.42. The quantitative estimate of drug-likeness (QED) is 0.723. The van der Waals surface area contributed by atoms with Gasteiger partial charge in [0.15, 0.2) is 0 Å². The summed E-state index contributed by atoms with van der Waals surface area (Å²) in [6.45, 7) is 0.0987. The van der Waals surface area contributed by atoms with Crippen LogP contribution in [-0.4, -0.2) is 21.7 Å². The summed E-state index contributed by atoms with van der Waals surface area (Å²) in [5.41, 5.74) is 1.28. The van der Waals surface area contributed by atoms with Gasteiger partial charge >= 0.3 is 11.7 Å². The van der Waals surface area contributed by atoms with Crippen LogP contribution in [0, 0.1) is 0 Å². The monoisotopic (exact) mass is 403 g/mol. The standard InChI is InChI=1S/C17H14BrN3O4/c1-20-14-13(15(22)21(2)17(20)24)11(8-4-3-5-9(18)6-8)12-10(19-14)7-25-16(12)23/h3-6,11,19H,7H2,1-2H3. The first-order valence-electron chi connectivity index (χ1n) is 7.62. The Labute approximate surface area is 150 Å². The van der Waals surface area contributed by atoms with Gasteiger partial charge in [0.1, 0.15) is 12.4 Å². The van der Waals surface area contributed by atoms with E-state index in [1.54, 1.807) is 7.05 Å². The zero-order valence-electron chi connectivity index (χ0n) is 13.5. The van der Waals surface area contributed by atoms with Gasteiger partial charge in [-0.2, -0.15) is 0 Å². The molecule has 8 heteroatoms. The van der Waals surface area contributed by atoms with Crippen LogP contribution in [0.4, 0.5) is 5.82 Å². The number of rotatable bonds is 1. The van der Waals surface area contributed by atoms with Crippen molar-refractivity contribution in [2.45, 2.75) is 5.92 Å². The minimum atomic E-state index is -0.593. The fraction of sp³-hybridized carbons (Fsp3) is 0.235. The third-order valence-electron chi connectivity index (χ3n) is 4.62. The number of nitrogens with one attached hydrogen (secondary N) is 1. The molecule has 1 aromatic heterocycles. The number of carbonyl (C=O) groups excluding carboxylic acids is 1. The number of benzene rings is 1. The van der Waals surface area contributed by atoms with Crippen molar-refractivity contribution in [3.63, 3.8) is 0 Å². The van der Waals surface area contributed by atoms with E-state index in [1.165, 1.54) is 11.6 Å². The molecule has 0 bridgehead atoms. The minimum Gasteiger partial charge on any atom is -0.456 e. The molecule has 0 saturated carbocycles. The number of anilines is 1. The zero-order valence-corrected chi connectivity index (χ0v) is 15.1. The van der Waals surface area contributed by atoms with Gasteiger partial charge < -0.3 is 10.1 Å². The Kier molecular flexibility index (Phi) is 3.47. The van der Waals surface area contributed by atoms with Crippen molar-refractivity contribution in [1.82, 2.24) is 9.13 Å². The largest absolute Gasteiger partial charge is 0.456 e. The smallest absolute Gasteiger partial charge is 0.337 e. The normalized spacial score (nSPS) is 18.5. The van der Waals surface area contributed by atoms with E-state index in [2.05, 4.69) is 21.2 Å². The Morgan fingerprint density at radius 3 is 2.68 bits per heavy atom. The van der Waals surface area contributed by atoms with Gasteiger partial charge in [-0.1, -0.05) is 28.1 Å². The van der Waals surface area contributed by atoms with E-state index in [9.17, 15) is 14.4 Å². The van der Waals surface area contributed by atoms with Crippen molar-refractivity contribution < 1.29 is 9.53 Å². The molecule has 1 aromatic carbocycles. The molecule has 128 valence electrons. The molecular formula is C17H14BrN3O4. The van der Waals surface area contributed by atoms with Gasteiger partial charge in [0.05, 0.1) is 22.8 Å². The Morgan fingerprint density at radius 1 is 1.20 bits per heavy atom. The van der Waals surface area contributed by atoms with Crippen molar-refractivity contribution in [3.05, 3.63) is 72.0 Å². The van der Waals surface area contributed by atoms with E-state index in [0.29, 0.717) is 22.7 Å². The second-order valence-corrected chi connectivity index (χ2v) is 6.97. The van der Waals surface area contributed by atoms with Gasteiger partial charge in [-0.3, -0.25) is 13.9 Å². The van der Waals surface area contributed by atoms with Crippen LogP contribution in [0.1, 0.15) is 17.0 Å². The molecule has 2 aromatic rings. The maximum Gasteiger partial charge on any atom is 0.337 e. The molecule has 25 heavy (non-hydrogen) atoms. The fourth-order valence-corrected chi connectivity index (χ4v) is 3.82. The topological polar surface area (TPSA) is 82.3 Å². The van der Waals surface area contributed by atoms with Crippen molar-refractivity contribution >= 4 is 27.7 Å². The lowest BCUT2D eigenvalue weighted by atomic mass is 9.83. The number of ether oxygens (including phenoxy) is 1. The van der Waals surface area contributed by atoms with Crippen LogP contribution in [0.15, 0.2) is 49.6 Å². The number of cyclic esters (lactones) is 1. The first kappa shape index (κ1) is 15.9. The van der Waals surface area contributed by atoms with Gasteiger partial charge in [0.25, 0.3) is 5.56 Å². The Bertz CT molecular complexity index is 1080. The zero-order chi connectivity index (χ0) is 17.9. The lowest BCUT2D eigenvalue weighted by molar-refractivity contribution is -0.136. The molecular weight excluding hydrogens is 390 g/mol. The van der Waals surface area contributed by atoms with Crippen molar-refractivity contribution in [1.29, 1.82) is 0 Å². The highest BCUT2D eigenvalue weighted by molar-refractivity contribution is 9.10. The molecule has 1 atom stereocenters. The number of aromatic nitrogens is 2. The molecule has 0 radical (unpaired) electrons. The van der Waals surface area contributed by atoms with E-state index in [4.69, 9.17) is 4.74 Å². The lowest BCUT2D eigenvalue weighted by Crippen LogP contribution is -2.43. The summed E-state index contributed by atoms with van der Waals surface area (Å²) in [5, 5.41) is 3.05. The molecule has 0 aliphatic carbocycles. The van der Waals surface area contributed by atoms with Crippen molar-refractivity contribution in [3.8, 4) is 0 Å². The maximum absolute atomic E-state index is 12.9. The molecule has 2 aliphatic rings. The first-order valence-corrected chi connectivity index (χ1v) is 8.42. The number of nitrogens with zero attached hydrogens (tertiary/aromatic N) is 2. The van der Waals surface area contributed by atoms with Crippen LogP contribution in [0.5, 0.6) is 0 Å². The number of halogens is 1. The number of hydrogen-bond donors (Lipinski definition) is 1. The van der Waals surface area contributed by atoms with E-state index < -0.39 is 23.1 Å². The number of hydrogen-bond acceptors (Lipinski definition) is 5. The molecule has 0 saturated heterocycles. The lowest BCUT2D eigenvalue weighted by Gasteiger charge is -2.28. The third kappa shape index (κ3) is 2.21. The molecule has 1 unspecified atom stereocenters. The maximum atomic E-state index is 12.9. The summed E-state index contributed by atoms with van der Waals surface area (Å²) in [4.78, 5) is 37.5. The summed E-state index contributed by atoms with van der Waals surface area (Å²) in [5.74, 6) is -0.645. The fourth-order valence-electron chi connectivity index (χ4n) is 3.40. The van der Waals surface area contributed by atoms with Crippen LogP contribution in [0.25, 0.3) is 0 Å². The van der Waals surface area contributed by atoms with Gasteiger partial charge in [0.2, 0.25) is 0 Å². The van der Waals surface area contributed by atoms with Gasteiger partial charge in [0, 0.05) is 18.6 Å². The summed E-state index contributed by atoms with van der Waals surface area (Å²) < 4.78 is 8.44. The average Bonchev–Trinajstić information content (AvgIpc) is 2.97. The van der Waals surface area contributed by atoms with Crippen LogP contribution in [0.2, 0.25) is 0 Å². The van der Waals surface area contributed by atoms with Crippen LogP contribution >= 0.6 is 15.9 Å². The Balaban J connectivity index is 2.10. The van der Waals surface area contributed by atoms with E-state index >= 15 is 0 Å². The predicted molar refractivity (Wildman–Crippen MR) is 94.5 cm³/mol. The first-order chi connectivity index (χ1) is 11.9. The van der Waals surface area contributed by atoms with E-state index in [0.717, 1.165) is 14.6 Å². The second-order valence-electron chi connectivity index (χ2n) is 6.05. The molecule has 0 fully saturated rings. The summed E-state index contributed by atoms with van der Waals surface area (Å²) >= 11 is 3.43. The average molecular weight is 404 g/mol. The van der Waals surface area contributed by atoms with Gasteiger partial charge in [-0.15, -0.1) is 0 Å². The Morgan fingerprint density at radius 2 is 1.96 bits per heavy atom.